The van der Waals surface area contributed by atoms with Crippen LogP contribution in [0.3, 0.4) is 0 Å². The average Bonchev–Trinajstić information content (AvgIpc) is 2.27. The van der Waals surface area contributed by atoms with Gasteiger partial charge in [0.25, 0.3) is 0 Å². The quantitative estimate of drug-likeness (QED) is 0.648. The number of rotatable bonds is 2. The summed E-state index contributed by atoms with van der Waals surface area (Å²) in [5.74, 6) is 0.129. The Kier molecular flexibility index (Phi) is 4.22. The largest absolute Gasteiger partial charge is 0.384 e. The molecule has 2 atom stereocenters. The number of amidine groups is 1. The first-order valence-electron chi connectivity index (χ1n) is 6.01. The van der Waals surface area contributed by atoms with E-state index in [-0.39, 0.29) is 5.84 Å². The van der Waals surface area contributed by atoms with Gasteiger partial charge in [0.15, 0.2) is 0 Å². The Morgan fingerprint density at radius 2 is 2.00 bits per heavy atom. The molecule has 1 aliphatic rings. The van der Waals surface area contributed by atoms with Crippen molar-refractivity contribution in [1.29, 1.82) is 5.41 Å². The minimum atomic E-state index is 0.129. The number of nitrogens with zero attached hydrogens (tertiary/aromatic N) is 1. The van der Waals surface area contributed by atoms with Gasteiger partial charge < -0.3 is 10.6 Å². The fraction of sp³-hybridized carbons (Fsp3) is 0.462. The van der Waals surface area contributed by atoms with Crippen LogP contribution >= 0.6 is 27.7 Å². The summed E-state index contributed by atoms with van der Waals surface area (Å²) in [4.78, 5) is 2.34. The zero-order valence-corrected chi connectivity index (χ0v) is 13.0. The number of halogens is 1. The van der Waals surface area contributed by atoms with Crippen LogP contribution in [0.5, 0.6) is 0 Å². The minimum Gasteiger partial charge on any atom is -0.384 e. The fourth-order valence-corrected chi connectivity index (χ4v) is 4.06. The molecule has 1 saturated heterocycles. The molecule has 0 bridgehead atoms. The summed E-state index contributed by atoms with van der Waals surface area (Å²) in [5, 5.41) is 8.93. The summed E-state index contributed by atoms with van der Waals surface area (Å²) in [6, 6.07) is 5.99. The molecule has 0 saturated carbocycles. The third kappa shape index (κ3) is 3.01. The summed E-state index contributed by atoms with van der Waals surface area (Å²) >= 11 is 5.46. The lowest BCUT2D eigenvalue weighted by molar-refractivity contribution is 0.727. The molecule has 2 rings (SSSR count). The van der Waals surface area contributed by atoms with Crippen LogP contribution in [0.25, 0.3) is 0 Å². The van der Waals surface area contributed by atoms with E-state index in [1.54, 1.807) is 0 Å². The highest BCUT2D eigenvalue weighted by atomic mass is 79.9. The molecule has 3 nitrogen and oxygen atoms in total. The summed E-state index contributed by atoms with van der Waals surface area (Å²) in [6.07, 6.45) is 0. The maximum absolute atomic E-state index is 7.72. The molecule has 0 radical (unpaired) electrons. The number of nitrogens with two attached hydrogens (primary N) is 1. The van der Waals surface area contributed by atoms with Gasteiger partial charge in [-0.15, -0.1) is 0 Å². The molecule has 18 heavy (non-hydrogen) atoms. The van der Waals surface area contributed by atoms with E-state index in [4.69, 9.17) is 11.1 Å². The van der Waals surface area contributed by atoms with Crippen molar-refractivity contribution in [3.05, 3.63) is 28.2 Å². The molecule has 1 aliphatic heterocycles. The second kappa shape index (κ2) is 5.53. The Balaban J connectivity index is 2.35. The monoisotopic (exact) mass is 327 g/mol. The molecule has 0 aromatic heterocycles. The second-order valence-corrected chi connectivity index (χ2v) is 7.53. The molecule has 0 spiro atoms. The number of nitrogens with one attached hydrogen (secondary N) is 1. The van der Waals surface area contributed by atoms with Gasteiger partial charge in [-0.25, -0.2) is 0 Å². The van der Waals surface area contributed by atoms with Crippen LogP contribution in [0.4, 0.5) is 5.69 Å². The molecule has 5 heteroatoms. The third-order valence-electron chi connectivity index (χ3n) is 3.01. The van der Waals surface area contributed by atoms with Crippen molar-refractivity contribution in [3.63, 3.8) is 0 Å². The molecule has 0 aliphatic carbocycles. The third-order valence-corrected chi connectivity index (χ3v) is 4.73. The number of hydrogen-bond donors (Lipinski definition) is 2. The van der Waals surface area contributed by atoms with Crippen molar-refractivity contribution in [3.8, 4) is 0 Å². The maximum Gasteiger partial charge on any atom is 0.124 e. The highest BCUT2D eigenvalue weighted by Crippen LogP contribution is 2.31. The standard InChI is InChI=1S/C13H18BrN3S/c1-8-6-17(7-9(2)18-8)12-4-3-10(14)5-11(12)13(15)16/h3-5,8-9H,6-7H2,1-2H3,(H3,15,16). The lowest BCUT2D eigenvalue weighted by atomic mass is 10.1. The topological polar surface area (TPSA) is 53.1 Å². The maximum atomic E-state index is 7.72. The Bertz CT molecular complexity index is 454. The Labute approximate surface area is 121 Å². The van der Waals surface area contributed by atoms with E-state index in [1.807, 2.05) is 23.9 Å². The van der Waals surface area contributed by atoms with Crippen molar-refractivity contribution in [2.75, 3.05) is 18.0 Å². The predicted octanol–water partition coefficient (Wildman–Crippen LogP) is 3.06. The molecular weight excluding hydrogens is 310 g/mol. The van der Waals surface area contributed by atoms with Gasteiger partial charge in [-0.2, -0.15) is 11.8 Å². The lowest BCUT2D eigenvalue weighted by Crippen LogP contribution is -2.41. The van der Waals surface area contributed by atoms with E-state index in [1.165, 1.54) is 0 Å². The van der Waals surface area contributed by atoms with E-state index in [0.29, 0.717) is 10.5 Å². The molecule has 1 fully saturated rings. The molecule has 1 heterocycles. The molecule has 1 aromatic carbocycles. The lowest BCUT2D eigenvalue weighted by Gasteiger charge is -2.37. The van der Waals surface area contributed by atoms with Crippen LogP contribution in [0.1, 0.15) is 19.4 Å². The highest BCUT2D eigenvalue weighted by molar-refractivity contribution is 9.10. The fourth-order valence-electron chi connectivity index (χ4n) is 2.37. The molecular formula is C13H18BrN3S. The highest BCUT2D eigenvalue weighted by Gasteiger charge is 2.24. The van der Waals surface area contributed by atoms with Gasteiger partial charge >= 0.3 is 0 Å². The smallest absolute Gasteiger partial charge is 0.124 e. The van der Waals surface area contributed by atoms with Crippen LogP contribution in [0, 0.1) is 5.41 Å². The van der Waals surface area contributed by atoms with Crippen molar-refractivity contribution in [2.45, 2.75) is 24.3 Å². The molecule has 98 valence electrons. The van der Waals surface area contributed by atoms with Gasteiger partial charge in [0, 0.05) is 39.3 Å². The first kappa shape index (κ1) is 13.7. The van der Waals surface area contributed by atoms with Crippen LogP contribution in [-0.4, -0.2) is 29.4 Å². The van der Waals surface area contributed by atoms with Crippen molar-refractivity contribution in [1.82, 2.24) is 0 Å². The van der Waals surface area contributed by atoms with Crippen LogP contribution in [0.15, 0.2) is 22.7 Å². The summed E-state index contributed by atoms with van der Waals surface area (Å²) < 4.78 is 0.962. The number of anilines is 1. The minimum absolute atomic E-state index is 0.129. The van der Waals surface area contributed by atoms with Crippen molar-refractivity contribution in [2.24, 2.45) is 5.73 Å². The van der Waals surface area contributed by atoms with E-state index in [2.05, 4.69) is 40.7 Å². The Morgan fingerprint density at radius 3 is 2.56 bits per heavy atom. The zero-order valence-electron chi connectivity index (χ0n) is 10.6. The van der Waals surface area contributed by atoms with Crippen molar-refractivity contribution >= 4 is 39.2 Å². The average molecular weight is 328 g/mol. The van der Waals surface area contributed by atoms with E-state index in [0.717, 1.165) is 28.8 Å². The summed E-state index contributed by atoms with van der Waals surface area (Å²) in [5.41, 5.74) is 7.58. The molecule has 1 aromatic rings. The molecule has 3 N–H and O–H groups in total. The normalized spacial score (nSPS) is 24.1. The number of hydrogen-bond acceptors (Lipinski definition) is 3. The van der Waals surface area contributed by atoms with Crippen molar-refractivity contribution < 1.29 is 0 Å². The SMILES string of the molecule is CC1CN(c2ccc(Br)cc2C(=N)N)CC(C)S1. The number of benzene rings is 1. The van der Waals surface area contributed by atoms with E-state index < -0.39 is 0 Å². The van der Waals surface area contributed by atoms with Gasteiger partial charge in [-0.1, -0.05) is 29.8 Å². The molecule has 0 amide bonds. The van der Waals surface area contributed by atoms with Gasteiger partial charge in [0.1, 0.15) is 5.84 Å². The summed E-state index contributed by atoms with van der Waals surface area (Å²) in [6.45, 7) is 6.52. The number of thioether (sulfide) groups is 1. The van der Waals surface area contributed by atoms with Crippen LogP contribution in [0.2, 0.25) is 0 Å². The van der Waals surface area contributed by atoms with Gasteiger partial charge in [-0.3, -0.25) is 5.41 Å². The first-order chi connectivity index (χ1) is 8.47. The second-order valence-electron chi connectivity index (χ2n) is 4.74. The van der Waals surface area contributed by atoms with Gasteiger partial charge in [0.05, 0.1) is 0 Å². The van der Waals surface area contributed by atoms with Crippen LogP contribution < -0.4 is 10.6 Å². The van der Waals surface area contributed by atoms with E-state index in [9.17, 15) is 0 Å². The van der Waals surface area contributed by atoms with E-state index >= 15 is 0 Å². The Morgan fingerprint density at radius 1 is 1.39 bits per heavy atom. The van der Waals surface area contributed by atoms with Gasteiger partial charge in [-0.05, 0) is 18.2 Å². The zero-order chi connectivity index (χ0) is 13.3. The predicted molar refractivity (Wildman–Crippen MR) is 83.9 cm³/mol. The first-order valence-corrected chi connectivity index (χ1v) is 7.75. The Hall–Kier alpha value is -0.680. The summed E-state index contributed by atoms with van der Waals surface area (Å²) in [7, 11) is 0. The molecule has 2 unspecified atom stereocenters. The number of nitrogen functional groups attached to an aromatic ring is 1. The van der Waals surface area contributed by atoms with Gasteiger partial charge in [0.2, 0.25) is 0 Å². The van der Waals surface area contributed by atoms with Crippen LogP contribution in [-0.2, 0) is 0 Å².